The predicted molar refractivity (Wildman–Crippen MR) is 191 cm³/mol. The zero-order valence-corrected chi connectivity index (χ0v) is 29.3. The molecular weight excluding hydrogens is 614 g/mol. The fraction of sp³-hybridized carbons (Fsp3) is 0.400. The second-order valence-corrected chi connectivity index (χ2v) is 14.3. The van der Waals surface area contributed by atoms with Crippen molar-refractivity contribution in [3.8, 4) is 34.0 Å². The second-order valence-electron chi connectivity index (χ2n) is 14.3. The SMILES string of the molecule is COc1ccc(Cn2nc(-c3ccc(C4CCC(N(C)C(=O)OC(C)(C)C)C4)nc3)c3nc(-c4cccc5c4CCC5)c(OC)cc32)cc1. The molecule has 9 nitrogen and oxygen atoms in total. The van der Waals surface area contributed by atoms with Gasteiger partial charge in [-0.1, -0.05) is 30.3 Å². The van der Waals surface area contributed by atoms with E-state index in [1.807, 2.05) is 50.8 Å². The third-order valence-electron chi connectivity index (χ3n) is 9.92. The van der Waals surface area contributed by atoms with Gasteiger partial charge in [-0.05, 0) is 100 Å². The molecule has 2 aliphatic rings. The number of rotatable bonds is 8. The number of amides is 1. The molecule has 0 spiro atoms. The molecule has 0 aliphatic heterocycles. The molecule has 49 heavy (non-hydrogen) atoms. The van der Waals surface area contributed by atoms with E-state index in [4.69, 9.17) is 29.3 Å². The van der Waals surface area contributed by atoms with Crippen molar-refractivity contribution in [1.29, 1.82) is 0 Å². The molecule has 0 bridgehead atoms. The van der Waals surface area contributed by atoms with E-state index >= 15 is 0 Å². The maximum atomic E-state index is 12.7. The van der Waals surface area contributed by atoms with Crippen LogP contribution in [0.3, 0.4) is 0 Å². The first kappa shape index (κ1) is 32.6. The molecule has 2 atom stereocenters. The summed E-state index contributed by atoms with van der Waals surface area (Å²) in [6.07, 6.45) is 7.67. The Kier molecular flexibility index (Phi) is 8.77. The Bertz CT molecular complexity index is 1980. The topological polar surface area (TPSA) is 91.6 Å². The predicted octanol–water partition coefficient (Wildman–Crippen LogP) is 8.22. The largest absolute Gasteiger partial charge is 0.497 e. The lowest BCUT2D eigenvalue weighted by atomic mass is 9.99. The van der Waals surface area contributed by atoms with Gasteiger partial charge in [-0.2, -0.15) is 5.10 Å². The summed E-state index contributed by atoms with van der Waals surface area (Å²) in [5.41, 5.74) is 9.73. The van der Waals surface area contributed by atoms with Crippen molar-refractivity contribution in [2.45, 2.75) is 83.4 Å². The molecular formula is C40H45N5O4. The Morgan fingerprint density at radius 1 is 0.980 bits per heavy atom. The number of hydrogen-bond acceptors (Lipinski definition) is 7. The van der Waals surface area contributed by atoms with E-state index < -0.39 is 5.60 Å². The van der Waals surface area contributed by atoms with Crippen molar-refractivity contribution in [2.24, 2.45) is 0 Å². The van der Waals surface area contributed by atoms with Crippen LogP contribution < -0.4 is 9.47 Å². The maximum absolute atomic E-state index is 12.7. The van der Waals surface area contributed by atoms with E-state index in [0.717, 1.165) is 94.8 Å². The summed E-state index contributed by atoms with van der Waals surface area (Å²) >= 11 is 0. The molecule has 2 aliphatic carbocycles. The highest BCUT2D eigenvalue weighted by atomic mass is 16.6. The fourth-order valence-corrected chi connectivity index (χ4v) is 7.33. The summed E-state index contributed by atoms with van der Waals surface area (Å²) < 4.78 is 19.0. The van der Waals surface area contributed by atoms with E-state index in [-0.39, 0.29) is 18.1 Å². The molecule has 3 heterocycles. The van der Waals surface area contributed by atoms with Crippen LogP contribution in [0, 0.1) is 0 Å². The van der Waals surface area contributed by atoms with Gasteiger partial charge in [0.2, 0.25) is 0 Å². The Morgan fingerprint density at radius 3 is 2.51 bits per heavy atom. The summed E-state index contributed by atoms with van der Waals surface area (Å²) in [4.78, 5) is 24.8. The van der Waals surface area contributed by atoms with E-state index in [1.165, 1.54) is 11.1 Å². The Hall–Kier alpha value is -4.92. The molecule has 2 unspecified atom stereocenters. The number of fused-ring (bicyclic) bond motifs is 2. The molecule has 0 radical (unpaired) electrons. The van der Waals surface area contributed by atoms with E-state index in [0.29, 0.717) is 6.54 Å². The number of aryl methyl sites for hydroxylation is 1. The first-order chi connectivity index (χ1) is 23.6. The van der Waals surface area contributed by atoms with Gasteiger partial charge < -0.3 is 19.1 Å². The number of hydrogen-bond donors (Lipinski definition) is 0. The summed E-state index contributed by atoms with van der Waals surface area (Å²) in [7, 11) is 5.22. The van der Waals surface area contributed by atoms with Crippen LogP contribution in [0.4, 0.5) is 4.79 Å². The zero-order chi connectivity index (χ0) is 34.3. The van der Waals surface area contributed by atoms with Crippen LogP contribution in [0.1, 0.15) is 74.8 Å². The minimum atomic E-state index is -0.519. The number of carbonyl (C=O) groups is 1. The number of aromatic nitrogens is 4. The van der Waals surface area contributed by atoms with E-state index in [2.05, 4.69) is 48.5 Å². The average molecular weight is 660 g/mol. The van der Waals surface area contributed by atoms with Gasteiger partial charge >= 0.3 is 6.09 Å². The number of benzene rings is 2. The average Bonchev–Trinajstić information content (AvgIpc) is 3.86. The first-order valence-corrected chi connectivity index (χ1v) is 17.2. The molecule has 1 saturated carbocycles. The summed E-state index contributed by atoms with van der Waals surface area (Å²) in [6.45, 7) is 6.25. The van der Waals surface area contributed by atoms with Crippen molar-refractivity contribution in [1.82, 2.24) is 24.6 Å². The van der Waals surface area contributed by atoms with Gasteiger partial charge in [-0.3, -0.25) is 9.67 Å². The van der Waals surface area contributed by atoms with Crippen molar-refractivity contribution >= 4 is 17.1 Å². The van der Waals surface area contributed by atoms with Gasteiger partial charge in [-0.15, -0.1) is 0 Å². The van der Waals surface area contributed by atoms with Crippen LogP contribution in [-0.2, 0) is 24.1 Å². The molecule has 254 valence electrons. The third-order valence-corrected chi connectivity index (χ3v) is 9.92. The van der Waals surface area contributed by atoms with E-state index in [9.17, 15) is 4.79 Å². The normalized spacial score (nSPS) is 17.3. The lowest BCUT2D eigenvalue weighted by Gasteiger charge is -2.28. The monoisotopic (exact) mass is 659 g/mol. The van der Waals surface area contributed by atoms with Crippen LogP contribution in [0.2, 0.25) is 0 Å². The van der Waals surface area contributed by atoms with Gasteiger partial charge in [0.25, 0.3) is 0 Å². The Labute approximate surface area is 288 Å². The molecule has 9 heteroatoms. The highest BCUT2D eigenvalue weighted by Gasteiger charge is 2.33. The van der Waals surface area contributed by atoms with Gasteiger partial charge in [0.1, 0.15) is 34.0 Å². The molecule has 1 amide bonds. The van der Waals surface area contributed by atoms with Crippen molar-refractivity contribution in [3.63, 3.8) is 0 Å². The van der Waals surface area contributed by atoms with Crippen LogP contribution >= 0.6 is 0 Å². The summed E-state index contributed by atoms with van der Waals surface area (Å²) in [5, 5.41) is 5.16. The van der Waals surface area contributed by atoms with Crippen molar-refractivity contribution in [3.05, 3.63) is 89.2 Å². The second kappa shape index (κ2) is 13.2. The molecule has 3 aromatic heterocycles. The lowest BCUT2D eigenvalue weighted by Crippen LogP contribution is -2.39. The molecule has 7 rings (SSSR count). The highest BCUT2D eigenvalue weighted by Crippen LogP contribution is 2.40. The Balaban J connectivity index is 1.23. The lowest BCUT2D eigenvalue weighted by molar-refractivity contribution is 0.0225. The number of nitrogens with zero attached hydrogens (tertiary/aromatic N) is 5. The highest BCUT2D eigenvalue weighted by molar-refractivity contribution is 5.93. The third kappa shape index (κ3) is 6.58. The van der Waals surface area contributed by atoms with E-state index in [1.54, 1.807) is 19.1 Å². The zero-order valence-electron chi connectivity index (χ0n) is 29.3. The summed E-state index contributed by atoms with van der Waals surface area (Å²) in [5.74, 6) is 1.81. The van der Waals surface area contributed by atoms with Crippen LogP contribution in [0.5, 0.6) is 11.5 Å². The molecule has 0 saturated heterocycles. The maximum Gasteiger partial charge on any atom is 0.410 e. The minimum absolute atomic E-state index is 0.121. The number of ether oxygens (including phenoxy) is 3. The standard InChI is InChI=1S/C40H45N5O4/c1-40(2,3)49-39(46)44(4)29-17-15-27(21-29)33-20-16-28(23-41-33)36-38-34(45(43-36)24-25-13-18-30(47-5)19-14-25)22-35(48-6)37(42-38)32-12-8-10-26-9-7-11-31(26)32/h8,10,12-14,16,18-20,22-23,27,29H,7,9,11,15,17,21,24H2,1-6H3. The van der Waals surface area contributed by atoms with Gasteiger partial charge in [-0.25, -0.2) is 9.78 Å². The quantitative estimate of drug-likeness (QED) is 0.166. The van der Waals surface area contributed by atoms with Crippen molar-refractivity contribution < 1.29 is 19.0 Å². The van der Waals surface area contributed by atoms with Crippen LogP contribution in [0.25, 0.3) is 33.5 Å². The van der Waals surface area contributed by atoms with Gasteiger partial charge in [0, 0.05) is 48.1 Å². The number of pyridine rings is 2. The first-order valence-electron chi connectivity index (χ1n) is 17.2. The Morgan fingerprint density at radius 2 is 1.80 bits per heavy atom. The van der Waals surface area contributed by atoms with Gasteiger partial charge in [0.15, 0.2) is 0 Å². The molecule has 0 N–H and O–H groups in total. The summed E-state index contributed by atoms with van der Waals surface area (Å²) in [6, 6.07) is 21.0. The molecule has 1 fully saturated rings. The van der Waals surface area contributed by atoms with Crippen molar-refractivity contribution in [2.75, 3.05) is 21.3 Å². The van der Waals surface area contributed by atoms with Gasteiger partial charge in [0.05, 0.1) is 26.3 Å². The minimum Gasteiger partial charge on any atom is -0.497 e. The molecule has 5 aromatic rings. The number of methoxy groups -OCH3 is 2. The van der Waals surface area contributed by atoms with Crippen LogP contribution in [-0.4, -0.2) is 63.7 Å². The van der Waals surface area contributed by atoms with Crippen LogP contribution in [0.15, 0.2) is 66.9 Å². The number of carbonyl (C=O) groups excluding carboxylic acids is 1. The fourth-order valence-electron chi connectivity index (χ4n) is 7.33. The smallest absolute Gasteiger partial charge is 0.410 e. The molecule has 2 aromatic carbocycles.